The van der Waals surface area contributed by atoms with E-state index >= 15 is 0 Å². The summed E-state index contributed by atoms with van der Waals surface area (Å²) in [7, 11) is 0. The number of carbonyl (C=O) groups excluding carboxylic acids is 1. The fourth-order valence-electron chi connectivity index (χ4n) is 2.74. The highest BCUT2D eigenvalue weighted by Gasteiger charge is 2.30. The molecule has 0 bridgehead atoms. The molecule has 0 aromatic carbocycles. The molecule has 3 heterocycles. The van der Waals surface area contributed by atoms with Gasteiger partial charge in [0, 0.05) is 12.6 Å². The number of rotatable bonds is 2. The quantitative estimate of drug-likeness (QED) is 0.842. The van der Waals surface area contributed by atoms with Crippen LogP contribution in [0.3, 0.4) is 0 Å². The van der Waals surface area contributed by atoms with Gasteiger partial charge in [0.15, 0.2) is 5.76 Å². The second kappa shape index (κ2) is 5.53. The third kappa shape index (κ3) is 2.48. The van der Waals surface area contributed by atoms with Crippen LogP contribution >= 0.6 is 0 Å². The number of aryl methyl sites for hydroxylation is 1. The van der Waals surface area contributed by atoms with Gasteiger partial charge in [-0.2, -0.15) is 0 Å². The molecule has 0 unspecified atom stereocenters. The van der Waals surface area contributed by atoms with E-state index in [-0.39, 0.29) is 11.9 Å². The van der Waals surface area contributed by atoms with Crippen molar-refractivity contribution in [1.82, 2.24) is 10.1 Å². The highest BCUT2D eigenvalue weighted by Crippen LogP contribution is 2.31. The Labute approximate surface area is 117 Å². The molecule has 0 spiro atoms. The van der Waals surface area contributed by atoms with Crippen LogP contribution in [0.5, 0.6) is 0 Å². The van der Waals surface area contributed by atoms with Crippen LogP contribution in [-0.4, -0.2) is 22.5 Å². The third-order valence-corrected chi connectivity index (χ3v) is 3.73. The smallest absolute Gasteiger partial charge is 0.290 e. The first-order valence-corrected chi connectivity index (χ1v) is 7.03. The molecule has 2 aromatic heterocycles. The van der Waals surface area contributed by atoms with E-state index in [1.807, 2.05) is 17.9 Å². The summed E-state index contributed by atoms with van der Waals surface area (Å²) in [6, 6.07) is 5.34. The fourth-order valence-corrected chi connectivity index (χ4v) is 2.74. The largest absolute Gasteiger partial charge is 0.459 e. The second-order valence-corrected chi connectivity index (χ2v) is 5.20. The van der Waals surface area contributed by atoms with Crippen LogP contribution in [0.1, 0.15) is 53.7 Å². The van der Waals surface area contributed by atoms with Gasteiger partial charge in [0.1, 0.15) is 11.5 Å². The molecule has 0 N–H and O–H groups in total. The number of furan rings is 1. The Bertz CT molecular complexity index is 574. The minimum absolute atomic E-state index is 0.0208. The zero-order chi connectivity index (χ0) is 13.9. The first-order chi connectivity index (χ1) is 9.75. The van der Waals surface area contributed by atoms with Crippen LogP contribution < -0.4 is 0 Å². The molecule has 0 aliphatic carbocycles. The number of likely N-dealkylation sites (tertiary alicyclic amines) is 1. The summed E-state index contributed by atoms with van der Waals surface area (Å²) < 4.78 is 10.4. The molecule has 5 heteroatoms. The fraction of sp³-hybridized carbons (Fsp3) is 0.467. The van der Waals surface area contributed by atoms with Crippen molar-refractivity contribution in [3.63, 3.8) is 0 Å². The number of hydrogen-bond acceptors (Lipinski definition) is 4. The lowest BCUT2D eigenvalue weighted by molar-refractivity contribution is 0.0641. The normalized spacial score (nSPS) is 19.9. The average Bonchev–Trinajstić information content (AvgIpc) is 3.05. The van der Waals surface area contributed by atoms with Gasteiger partial charge in [0.2, 0.25) is 0 Å². The standard InChI is InChI=1S/C15H18N2O3/c1-11-10-12(16-20-11)13-6-3-2-4-8-17(13)15(18)14-7-5-9-19-14/h5,7,9-10,13H,2-4,6,8H2,1H3/t13-/m0/s1. The molecule has 1 aliphatic heterocycles. The molecular formula is C15H18N2O3. The first kappa shape index (κ1) is 13.0. The Balaban J connectivity index is 1.89. The lowest BCUT2D eigenvalue weighted by Gasteiger charge is -2.27. The van der Waals surface area contributed by atoms with Crippen molar-refractivity contribution in [3.05, 3.63) is 41.7 Å². The SMILES string of the molecule is Cc1cc([C@@H]2CCCCCN2C(=O)c2ccco2)no1. The molecule has 0 saturated carbocycles. The topological polar surface area (TPSA) is 59.5 Å². The van der Waals surface area contributed by atoms with Gasteiger partial charge < -0.3 is 13.8 Å². The Morgan fingerprint density at radius 1 is 1.40 bits per heavy atom. The summed E-state index contributed by atoms with van der Waals surface area (Å²) in [5.41, 5.74) is 0.837. The summed E-state index contributed by atoms with van der Waals surface area (Å²) in [6.45, 7) is 2.60. The van der Waals surface area contributed by atoms with E-state index in [1.165, 1.54) is 6.26 Å². The van der Waals surface area contributed by atoms with Gasteiger partial charge in [-0.1, -0.05) is 18.0 Å². The number of nitrogens with zero attached hydrogens (tertiary/aromatic N) is 2. The predicted molar refractivity (Wildman–Crippen MR) is 72.2 cm³/mol. The van der Waals surface area contributed by atoms with Gasteiger partial charge in [-0.05, 0) is 31.9 Å². The molecule has 3 rings (SSSR count). The summed E-state index contributed by atoms with van der Waals surface area (Å²) >= 11 is 0. The second-order valence-electron chi connectivity index (χ2n) is 5.20. The molecule has 5 nitrogen and oxygen atoms in total. The number of carbonyl (C=O) groups is 1. The van der Waals surface area contributed by atoms with E-state index in [0.717, 1.165) is 43.7 Å². The average molecular weight is 274 g/mol. The van der Waals surface area contributed by atoms with Crippen molar-refractivity contribution in [1.29, 1.82) is 0 Å². The van der Waals surface area contributed by atoms with E-state index in [9.17, 15) is 4.79 Å². The molecule has 106 valence electrons. The van der Waals surface area contributed by atoms with Crippen molar-refractivity contribution in [2.24, 2.45) is 0 Å². The molecule has 20 heavy (non-hydrogen) atoms. The Morgan fingerprint density at radius 3 is 3.00 bits per heavy atom. The minimum Gasteiger partial charge on any atom is -0.459 e. The van der Waals surface area contributed by atoms with Crippen LogP contribution in [-0.2, 0) is 0 Å². The summed E-state index contributed by atoms with van der Waals surface area (Å²) in [5, 5.41) is 4.10. The first-order valence-electron chi connectivity index (χ1n) is 7.03. The number of aromatic nitrogens is 1. The van der Waals surface area contributed by atoms with Crippen LogP contribution in [0.25, 0.3) is 0 Å². The number of hydrogen-bond donors (Lipinski definition) is 0. The van der Waals surface area contributed by atoms with E-state index in [4.69, 9.17) is 8.94 Å². The molecule has 1 atom stereocenters. The maximum absolute atomic E-state index is 12.6. The van der Waals surface area contributed by atoms with Crippen molar-refractivity contribution in [2.75, 3.05) is 6.54 Å². The van der Waals surface area contributed by atoms with E-state index in [0.29, 0.717) is 5.76 Å². The molecule has 1 aliphatic rings. The highest BCUT2D eigenvalue weighted by atomic mass is 16.5. The molecule has 2 aromatic rings. The van der Waals surface area contributed by atoms with E-state index < -0.39 is 0 Å². The van der Waals surface area contributed by atoms with E-state index in [1.54, 1.807) is 12.1 Å². The predicted octanol–water partition coefficient (Wildman–Crippen LogP) is 3.33. The van der Waals surface area contributed by atoms with E-state index in [2.05, 4.69) is 5.16 Å². The van der Waals surface area contributed by atoms with Gasteiger partial charge in [0.25, 0.3) is 5.91 Å². The summed E-state index contributed by atoms with van der Waals surface area (Å²) in [5.74, 6) is 1.09. The van der Waals surface area contributed by atoms with Crippen LogP contribution in [0.4, 0.5) is 0 Å². The zero-order valence-corrected chi connectivity index (χ0v) is 11.5. The number of amides is 1. The van der Waals surface area contributed by atoms with Crippen molar-refractivity contribution < 1.29 is 13.7 Å². The lowest BCUT2D eigenvalue weighted by atomic mass is 10.1. The zero-order valence-electron chi connectivity index (χ0n) is 11.5. The monoisotopic (exact) mass is 274 g/mol. The summed E-state index contributed by atoms with van der Waals surface area (Å²) in [4.78, 5) is 14.4. The Kier molecular flexibility index (Phi) is 3.58. The molecular weight excluding hydrogens is 256 g/mol. The van der Waals surface area contributed by atoms with Gasteiger partial charge >= 0.3 is 0 Å². The molecule has 0 radical (unpaired) electrons. The Hall–Kier alpha value is -2.04. The molecule has 1 fully saturated rings. The maximum atomic E-state index is 12.6. The molecule has 1 saturated heterocycles. The van der Waals surface area contributed by atoms with Crippen LogP contribution in [0, 0.1) is 6.92 Å². The Morgan fingerprint density at radius 2 is 2.30 bits per heavy atom. The summed E-state index contributed by atoms with van der Waals surface area (Å²) in [6.07, 6.45) is 5.69. The third-order valence-electron chi connectivity index (χ3n) is 3.73. The minimum atomic E-state index is -0.0671. The lowest BCUT2D eigenvalue weighted by Crippen LogP contribution is -2.34. The van der Waals surface area contributed by atoms with Gasteiger partial charge in [0.05, 0.1) is 12.3 Å². The molecule has 1 amide bonds. The van der Waals surface area contributed by atoms with Gasteiger partial charge in [-0.15, -0.1) is 0 Å². The highest BCUT2D eigenvalue weighted by molar-refractivity contribution is 5.91. The van der Waals surface area contributed by atoms with Crippen LogP contribution in [0.2, 0.25) is 0 Å². The van der Waals surface area contributed by atoms with Crippen LogP contribution in [0.15, 0.2) is 33.4 Å². The van der Waals surface area contributed by atoms with Crippen molar-refractivity contribution in [2.45, 2.75) is 38.6 Å². The van der Waals surface area contributed by atoms with Crippen molar-refractivity contribution >= 4 is 5.91 Å². The van der Waals surface area contributed by atoms with Gasteiger partial charge in [-0.25, -0.2) is 0 Å². The van der Waals surface area contributed by atoms with Crippen molar-refractivity contribution in [3.8, 4) is 0 Å². The van der Waals surface area contributed by atoms with Gasteiger partial charge in [-0.3, -0.25) is 4.79 Å². The maximum Gasteiger partial charge on any atom is 0.290 e.